The highest BCUT2D eigenvalue weighted by atomic mass is 31.2. The van der Waals surface area contributed by atoms with Crippen LogP contribution in [-0.2, 0) is 27.9 Å². The van der Waals surface area contributed by atoms with Gasteiger partial charge in [0.1, 0.15) is 6.10 Å². The standard InChI is InChI=1S/C47H84NO7P/c1-3-5-7-9-11-13-15-17-19-21-22-23-25-27-29-31-33-35-37-39-42-52-44-46(45-54-56(50,51)53-43-41-48)55-47(49)40-38-36-34-32-30-28-26-24-20-18-16-14-12-10-8-6-4-2/h6,8,12,14,17-20,26,28,32,34,46H,3-5,7,9-11,13,15-16,21-25,27,29-31,33,35-45,48H2,1-2H3,(H,50,51)/b8-6-,14-12-,19-17-,20-18-,28-26-,34-32-. The Balaban J connectivity index is 4.10. The fourth-order valence-corrected chi connectivity index (χ4v) is 6.62. The fraction of sp³-hybridized carbons (Fsp3) is 0.723. The molecule has 0 bridgehead atoms. The Kier molecular flexibility index (Phi) is 42.4. The van der Waals surface area contributed by atoms with E-state index in [4.69, 9.17) is 24.3 Å². The molecule has 2 atom stereocenters. The molecule has 0 saturated carbocycles. The third-order valence-electron chi connectivity index (χ3n) is 9.11. The lowest BCUT2D eigenvalue weighted by molar-refractivity contribution is -0.154. The Labute approximate surface area is 344 Å². The smallest absolute Gasteiger partial charge is 0.457 e. The van der Waals surface area contributed by atoms with Crippen LogP contribution in [0.15, 0.2) is 72.9 Å². The lowest BCUT2D eigenvalue weighted by atomic mass is 10.1. The van der Waals surface area contributed by atoms with Gasteiger partial charge in [-0.1, -0.05) is 170 Å². The molecule has 0 aromatic rings. The van der Waals surface area contributed by atoms with E-state index in [9.17, 15) is 14.3 Å². The molecule has 0 aliphatic rings. The van der Waals surface area contributed by atoms with Crippen LogP contribution in [0.2, 0.25) is 0 Å². The van der Waals surface area contributed by atoms with Gasteiger partial charge in [0.15, 0.2) is 0 Å². The first kappa shape index (κ1) is 53.9. The minimum absolute atomic E-state index is 0.0881. The molecule has 9 heteroatoms. The van der Waals surface area contributed by atoms with Crippen LogP contribution in [0.25, 0.3) is 0 Å². The zero-order chi connectivity index (χ0) is 40.9. The summed E-state index contributed by atoms with van der Waals surface area (Å²) in [5.74, 6) is -0.388. The summed E-state index contributed by atoms with van der Waals surface area (Å²) in [6.07, 6.45) is 55.0. The molecule has 0 radical (unpaired) electrons. The average molecular weight is 806 g/mol. The number of phosphoric acid groups is 1. The Morgan fingerprint density at radius 1 is 0.554 bits per heavy atom. The molecule has 0 aromatic carbocycles. The molecule has 0 spiro atoms. The van der Waals surface area contributed by atoms with Crippen molar-refractivity contribution in [3.05, 3.63) is 72.9 Å². The first-order valence-electron chi connectivity index (χ1n) is 22.4. The number of ether oxygens (including phenoxy) is 2. The molecular formula is C47H84NO7P. The highest BCUT2D eigenvalue weighted by Gasteiger charge is 2.25. The minimum Gasteiger partial charge on any atom is -0.457 e. The van der Waals surface area contributed by atoms with Gasteiger partial charge in [0, 0.05) is 19.6 Å². The molecule has 0 aliphatic carbocycles. The molecule has 0 rings (SSSR count). The van der Waals surface area contributed by atoms with E-state index in [1.165, 1.54) is 103 Å². The second-order valence-corrected chi connectivity index (χ2v) is 16.0. The van der Waals surface area contributed by atoms with Crippen LogP contribution >= 0.6 is 7.82 Å². The highest BCUT2D eigenvalue weighted by Crippen LogP contribution is 2.43. The molecule has 0 saturated heterocycles. The monoisotopic (exact) mass is 806 g/mol. The topological polar surface area (TPSA) is 117 Å². The minimum atomic E-state index is -4.30. The Hall–Kier alpha value is -2.06. The zero-order valence-electron chi connectivity index (χ0n) is 35.8. The number of carbonyl (C=O) groups is 1. The van der Waals surface area contributed by atoms with E-state index < -0.39 is 13.9 Å². The van der Waals surface area contributed by atoms with Crippen LogP contribution in [0, 0.1) is 0 Å². The van der Waals surface area contributed by atoms with Gasteiger partial charge >= 0.3 is 13.8 Å². The molecule has 0 aromatic heterocycles. The van der Waals surface area contributed by atoms with Crippen molar-refractivity contribution in [3.63, 3.8) is 0 Å². The molecule has 2 unspecified atom stereocenters. The molecule has 324 valence electrons. The van der Waals surface area contributed by atoms with E-state index in [2.05, 4.69) is 86.8 Å². The number of carbonyl (C=O) groups excluding carboxylic acids is 1. The summed E-state index contributed by atoms with van der Waals surface area (Å²) in [5.41, 5.74) is 5.37. The number of allylic oxidation sites excluding steroid dienone is 12. The number of rotatable bonds is 42. The largest absolute Gasteiger partial charge is 0.472 e. The molecular weight excluding hydrogens is 721 g/mol. The van der Waals surface area contributed by atoms with E-state index in [0.717, 1.165) is 51.4 Å². The van der Waals surface area contributed by atoms with Gasteiger partial charge in [0.2, 0.25) is 0 Å². The zero-order valence-corrected chi connectivity index (χ0v) is 36.7. The van der Waals surface area contributed by atoms with E-state index in [-0.39, 0.29) is 38.8 Å². The second-order valence-electron chi connectivity index (χ2n) is 14.5. The Bertz CT molecular complexity index is 1080. The maximum atomic E-state index is 12.6. The normalized spacial score (nSPS) is 14.1. The molecule has 0 heterocycles. The average Bonchev–Trinajstić information content (AvgIpc) is 3.19. The van der Waals surface area contributed by atoms with Crippen molar-refractivity contribution in [2.75, 3.05) is 33.0 Å². The highest BCUT2D eigenvalue weighted by molar-refractivity contribution is 7.47. The summed E-state index contributed by atoms with van der Waals surface area (Å²) in [4.78, 5) is 22.5. The van der Waals surface area contributed by atoms with Gasteiger partial charge in [0.25, 0.3) is 0 Å². The Morgan fingerprint density at radius 3 is 1.52 bits per heavy atom. The number of hydrogen-bond acceptors (Lipinski definition) is 7. The first-order chi connectivity index (χ1) is 27.4. The van der Waals surface area contributed by atoms with Crippen molar-refractivity contribution in [1.82, 2.24) is 0 Å². The molecule has 0 amide bonds. The molecule has 3 N–H and O–H groups in total. The quantitative estimate of drug-likeness (QED) is 0.0271. The van der Waals surface area contributed by atoms with Crippen LogP contribution in [0.4, 0.5) is 0 Å². The van der Waals surface area contributed by atoms with Crippen molar-refractivity contribution < 1.29 is 32.8 Å². The van der Waals surface area contributed by atoms with Crippen LogP contribution in [-0.4, -0.2) is 49.9 Å². The SMILES string of the molecule is CC/C=C\C/C=C\C/C=C\C/C=C\C/C=C\CCCC(=O)OC(COCCCCCCCCCCCC/C=C\CCCCCCCC)COP(=O)(O)OCCN. The van der Waals surface area contributed by atoms with Crippen molar-refractivity contribution >= 4 is 13.8 Å². The van der Waals surface area contributed by atoms with E-state index in [1.807, 2.05) is 0 Å². The number of nitrogens with two attached hydrogens (primary N) is 1. The van der Waals surface area contributed by atoms with Gasteiger partial charge in [-0.3, -0.25) is 13.8 Å². The second kappa shape index (κ2) is 44.1. The van der Waals surface area contributed by atoms with E-state index in [0.29, 0.717) is 13.0 Å². The van der Waals surface area contributed by atoms with Gasteiger partial charge in [0.05, 0.1) is 19.8 Å². The van der Waals surface area contributed by atoms with Crippen LogP contribution < -0.4 is 5.73 Å². The molecule has 0 fully saturated rings. The molecule has 56 heavy (non-hydrogen) atoms. The number of phosphoric ester groups is 1. The van der Waals surface area contributed by atoms with Gasteiger partial charge in [-0.2, -0.15) is 0 Å². The number of unbranched alkanes of at least 4 members (excludes halogenated alkanes) is 17. The summed E-state index contributed by atoms with van der Waals surface area (Å²) in [6.45, 7) is 4.72. The van der Waals surface area contributed by atoms with Gasteiger partial charge < -0.3 is 20.1 Å². The first-order valence-corrected chi connectivity index (χ1v) is 23.9. The summed E-state index contributed by atoms with van der Waals surface area (Å²) in [6, 6.07) is 0. The maximum absolute atomic E-state index is 12.6. The third kappa shape index (κ3) is 43.1. The van der Waals surface area contributed by atoms with Crippen LogP contribution in [0.5, 0.6) is 0 Å². The summed E-state index contributed by atoms with van der Waals surface area (Å²) < 4.78 is 33.4. The van der Waals surface area contributed by atoms with E-state index >= 15 is 0 Å². The maximum Gasteiger partial charge on any atom is 0.472 e. The van der Waals surface area contributed by atoms with Crippen molar-refractivity contribution in [3.8, 4) is 0 Å². The molecule has 8 nitrogen and oxygen atoms in total. The predicted molar refractivity (Wildman–Crippen MR) is 238 cm³/mol. The summed E-state index contributed by atoms with van der Waals surface area (Å²) in [7, 11) is -4.30. The summed E-state index contributed by atoms with van der Waals surface area (Å²) in [5, 5.41) is 0. The van der Waals surface area contributed by atoms with E-state index in [1.54, 1.807) is 0 Å². The van der Waals surface area contributed by atoms with Crippen molar-refractivity contribution in [1.29, 1.82) is 0 Å². The van der Waals surface area contributed by atoms with Crippen molar-refractivity contribution in [2.45, 2.75) is 187 Å². The van der Waals surface area contributed by atoms with Gasteiger partial charge in [-0.05, 0) is 77.0 Å². The van der Waals surface area contributed by atoms with Gasteiger partial charge in [-0.15, -0.1) is 0 Å². The van der Waals surface area contributed by atoms with Crippen molar-refractivity contribution in [2.24, 2.45) is 5.73 Å². The van der Waals surface area contributed by atoms with Gasteiger partial charge in [-0.25, -0.2) is 4.57 Å². The number of esters is 1. The lowest BCUT2D eigenvalue weighted by Crippen LogP contribution is -2.28. The third-order valence-corrected chi connectivity index (χ3v) is 10.1. The lowest BCUT2D eigenvalue weighted by Gasteiger charge is -2.20. The fourth-order valence-electron chi connectivity index (χ4n) is 5.85. The number of hydrogen-bond donors (Lipinski definition) is 2. The predicted octanol–water partition coefficient (Wildman–Crippen LogP) is 13.5. The van der Waals surface area contributed by atoms with Crippen LogP contribution in [0.1, 0.15) is 181 Å². The summed E-state index contributed by atoms with van der Waals surface area (Å²) >= 11 is 0. The Morgan fingerprint density at radius 2 is 1.00 bits per heavy atom. The van der Waals surface area contributed by atoms with Crippen LogP contribution in [0.3, 0.4) is 0 Å². The molecule has 0 aliphatic heterocycles.